The molecule has 40 heavy (non-hydrogen) atoms. The van der Waals surface area contributed by atoms with Crippen LogP contribution in [-0.4, -0.2) is 9.97 Å². The van der Waals surface area contributed by atoms with Gasteiger partial charge in [-0.25, -0.2) is 0 Å². The van der Waals surface area contributed by atoms with Crippen molar-refractivity contribution in [3.05, 3.63) is 146 Å². The van der Waals surface area contributed by atoms with E-state index in [0.717, 1.165) is 11.3 Å². The highest BCUT2D eigenvalue weighted by Gasteiger charge is 2.15. The first-order chi connectivity index (χ1) is 19.8. The average Bonchev–Trinajstić information content (AvgIpc) is 3.04. The third-order valence-electron chi connectivity index (χ3n) is 8.03. The second-order valence-corrected chi connectivity index (χ2v) is 10.3. The minimum absolute atomic E-state index is 0.991. The standard InChI is InChI=1S/C38H24N2/c1-2-22-40-36(3-1)29-10-8-28(9-11-29)33-17-13-31-14-18-34-32(16-12-30-15-19-35(33)38(31)37(30)34)27-6-4-25(5-7-27)26-20-23-39-24-21-26/h1-24H. The van der Waals surface area contributed by atoms with E-state index in [1.165, 1.54) is 65.7 Å². The molecule has 2 aromatic heterocycles. The lowest BCUT2D eigenvalue weighted by atomic mass is 9.87. The molecule has 8 aromatic rings. The molecular formula is C38H24N2. The summed E-state index contributed by atoms with van der Waals surface area (Å²) in [6.07, 6.45) is 5.52. The van der Waals surface area contributed by atoms with Crippen LogP contribution in [0.15, 0.2) is 146 Å². The van der Waals surface area contributed by atoms with Crippen molar-refractivity contribution < 1.29 is 0 Å². The van der Waals surface area contributed by atoms with E-state index in [-0.39, 0.29) is 0 Å². The maximum Gasteiger partial charge on any atom is 0.0701 e. The fourth-order valence-corrected chi connectivity index (χ4v) is 6.05. The van der Waals surface area contributed by atoms with E-state index < -0.39 is 0 Å². The van der Waals surface area contributed by atoms with Crippen molar-refractivity contribution in [3.63, 3.8) is 0 Å². The molecule has 0 radical (unpaired) electrons. The van der Waals surface area contributed by atoms with Gasteiger partial charge in [-0.15, -0.1) is 0 Å². The maximum absolute atomic E-state index is 4.51. The molecule has 0 amide bonds. The highest BCUT2D eigenvalue weighted by Crippen LogP contribution is 2.42. The summed E-state index contributed by atoms with van der Waals surface area (Å²) < 4.78 is 0. The monoisotopic (exact) mass is 508 g/mol. The third kappa shape index (κ3) is 3.65. The molecule has 0 saturated heterocycles. The van der Waals surface area contributed by atoms with Crippen LogP contribution in [0.2, 0.25) is 0 Å². The quantitative estimate of drug-likeness (QED) is 0.221. The summed E-state index contributed by atoms with van der Waals surface area (Å²) in [4.78, 5) is 8.66. The van der Waals surface area contributed by atoms with Gasteiger partial charge in [0.2, 0.25) is 0 Å². The molecular weight excluding hydrogens is 484 g/mol. The Kier molecular flexibility index (Phi) is 5.17. The van der Waals surface area contributed by atoms with Gasteiger partial charge in [0.15, 0.2) is 0 Å². The lowest BCUT2D eigenvalue weighted by Gasteiger charge is -2.17. The van der Waals surface area contributed by atoms with Gasteiger partial charge in [-0.05, 0) is 90.0 Å². The van der Waals surface area contributed by atoms with Crippen LogP contribution in [0.3, 0.4) is 0 Å². The summed E-state index contributed by atoms with van der Waals surface area (Å²) in [6.45, 7) is 0. The molecule has 0 aliphatic heterocycles. The van der Waals surface area contributed by atoms with Gasteiger partial charge < -0.3 is 0 Å². The molecule has 0 atom stereocenters. The molecule has 0 unspecified atom stereocenters. The van der Waals surface area contributed by atoms with E-state index in [0.29, 0.717) is 0 Å². The number of hydrogen-bond donors (Lipinski definition) is 0. The Morgan fingerprint density at radius 2 is 0.850 bits per heavy atom. The Hall–Kier alpha value is -5.34. The molecule has 6 aromatic carbocycles. The highest BCUT2D eigenvalue weighted by molar-refractivity contribution is 6.27. The largest absolute Gasteiger partial charge is 0.265 e. The van der Waals surface area contributed by atoms with Crippen LogP contribution < -0.4 is 0 Å². The summed E-state index contributed by atoms with van der Waals surface area (Å²) in [5, 5.41) is 7.77. The molecule has 0 saturated carbocycles. The summed E-state index contributed by atoms with van der Waals surface area (Å²) >= 11 is 0. The fraction of sp³-hybridized carbons (Fsp3) is 0. The number of rotatable bonds is 4. The van der Waals surface area contributed by atoms with Crippen molar-refractivity contribution in [3.8, 4) is 44.6 Å². The second-order valence-electron chi connectivity index (χ2n) is 10.3. The van der Waals surface area contributed by atoms with Gasteiger partial charge in [-0.1, -0.05) is 103 Å². The lowest BCUT2D eigenvalue weighted by Crippen LogP contribution is -1.90. The van der Waals surface area contributed by atoms with Gasteiger partial charge in [-0.2, -0.15) is 0 Å². The highest BCUT2D eigenvalue weighted by atomic mass is 14.7. The SMILES string of the molecule is c1ccc(-c2ccc(-c3ccc4ccc5c(-c6ccc(-c7ccncc7)cc6)ccc6ccc3c4c65)cc2)nc1. The Labute approximate surface area is 232 Å². The predicted octanol–water partition coefficient (Wildman–Crippen LogP) is 10.0. The van der Waals surface area contributed by atoms with Crippen molar-refractivity contribution in [2.24, 2.45) is 0 Å². The molecule has 8 rings (SSSR count). The topological polar surface area (TPSA) is 25.8 Å². The van der Waals surface area contributed by atoms with Gasteiger partial charge in [-0.3, -0.25) is 9.97 Å². The Balaban J connectivity index is 1.27. The van der Waals surface area contributed by atoms with E-state index in [4.69, 9.17) is 0 Å². The van der Waals surface area contributed by atoms with Crippen LogP contribution in [0.25, 0.3) is 77.0 Å². The van der Waals surface area contributed by atoms with Crippen molar-refractivity contribution in [1.82, 2.24) is 9.97 Å². The van der Waals surface area contributed by atoms with Crippen molar-refractivity contribution in [1.29, 1.82) is 0 Å². The number of aromatic nitrogens is 2. The fourth-order valence-electron chi connectivity index (χ4n) is 6.05. The average molecular weight is 509 g/mol. The first kappa shape index (κ1) is 22.6. The zero-order valence-corrected chi connectivity index (χ0v) is 21.8. The van der Waals surface area contributed by atoms with Gasteiger partial charge in [0.25, 0.3) is 0 Å². The first-order valence-corrected chi connectivity index (χ1v) is 13.6. The summed E-state index contributed by atoms with van der Waals surface area (Å²) in [7, 11) is 0. The second kappa shape index (κ2) is 9.14. The Morgan fingerprint density at radius 3 is 1.40 bits per heavy atom. The predicted molar refractivity (Wildman–Crippen MR) is 167 cm³/mol. The molecule has 0 fully saturated rings. The molecule has 2 nitrogen and oxygen atoms in total. The molecule has 2 heteroatoms. The van der Waals surface area contributed by atoms with E-state index in [2.05, 4.69) is 125 Å². The molecule has 0 bridgehead atoms. The smallest absolute Gasteiger partial charge is 0.0701 e. The number of benzene rings is 6. The minimum Gasteiger partial charge on any atom is -0.265 e. The zero-order valence-electron chi connectivity index (χ0n) is 21.8. The van der Waals surface area contributed by atoms with Crippen molar-refractivity contribution in [2.45, 2.75) is 0 Å². The summed E-state index contributed by atoms with van der Waals surface area (Å²) in [6, 6.07) is 45.9. The number of pyridine rings is 2. The minimum atomic E-state index is 0.991. The van der Waals surface area contributed by atoms with Crippen LogP contribution >= 0.6 is 0 Å². The molecule has 0 aliphatic rings. The van der Waals surface area contributed by atoms with Crippen LogP contribution in [-0.2, 0) is 0 Å². The van der Waals surface area contributed by atoms with Gasteiger partial charge in [0.05, 0.1) is 5.69 Å². The first-order valence-electron chi connectivity index (χ1n) is 13.6. The van der Waals surface area contributed by atoms with Gasteiger partial charge >= 0.3 is 0 Å². The van der Waals surface area contributed by atoms with Crippen molar-refractivity contribution >= 4 is 32.3 Å². The van der Waals surface area contributed by atoms with E-state index in [1.54, 1.807) is 0 Å². The third-order valence-corrected chi connectivity index (χ3v) is 8.03. The zero-order chi connectivity index (χ0) is 26.5. The van der Waals surface area contributed by atoms with Crippen LogP contribution in [0.4, 0.5) is 0 Å². The molecule has 2 heterocycles. The molecule has 0 aliphatic carbocycles. The van der Waals surface area contributed by atoms with E-state index in [1.807, 2.05) is 30.7 Å². The maximum atomic E-state index is 4.51. The number of hydrogen-bond acceptors (Lipinski definition) is 2. The van der Waals surface area contributed by atoms with E-state index in [9.17, 15) is 0 Å². The molecule has 0 spiro atoms. The summed E-state index contributed by atoms with van der Waals surface area (Å²) in [5.74, 6) is 0. The van der Waals surface area contributed by atoms with Crippen LogP contribution in [0.1, 0.15) is 0 Å². The normalized spacial score (nSPS) is 11.5. The van der Waals surface area contributed by atoms with Crippen molar-refractivity contribution in [2.75, 3.05) is 0 Å². The van der Waals surface area contributed by atoms with Gasteiger partial charge in [0, 0.05) is 24.2 Å². The Morgan fingerprint density at radius 1 is 0.350 bits per heavy atom. The Bertz CT molecular complexity index is 1960. The molecule has 0 N–H and O–H groups in total. The van der Waals surface area contributed by atoms with Crippen LogP contribution in [0.5, 0.6) is 0 Å². The molecule has 186 valence electrons. The van der Waals surface area contributed by atoms with Crippen LogP contribution in [0, 0.1) is 0 Å². The number of nitrogens with zero attached hydrogens (tertiary/aromatic N) is 2. The van der Waals surface area contributed by atoms with Gasteiger partial charge in [0.1, 0.15) is 0 Å². The lowest BCUT2D eigenvalue weighted by molar-refractivity contribution is 1.33. The summed E-state index contributed by atoms with van der Waals surface area (Å²) in [5.41, 5.74) is 9.44. The van der Waals surface area contributed by atoms with E-state index >= 15 is 0 Å².